The van der Waals surface area contributed by atoms with E-state index < -0.39 is 42.3 Å². The highest BCUT2D eigenvalue weighted by molar-refractivity contribution is 4.92. The van der Waals surface area contributed by atoms with Crippen molar-refractivity contribution in [2.24, 2.45) is 0 Å². The van der Waals surface area contributed by atoms with E-state index in [1.165, 1.54) is 0 Å². The van der Waals surface area contributed by atoms with Crippen LogP contribution in [0.15, 0.2) is 21.9 Å². The monoisotopic (exact) mass is 248 g/mol. The van der Waals surface area contributed by atoms with Gasteiger partial charge in [0.25, 0.3) is 5.56 Å². The SMILES string of the molecule is [2H]C([2H])(O)[C@H]1O[C@@H](n2ccc(=O)[nH]c2=O)[C@]([2H])(O)[C@]1([2H])O. The zero-order valence-electron chi connectivity index (χ0n) is 12.3. The fourth-order valence-electron chi connectivity index (χ4n) is 1.42. The number of aromatic amines is 1. The summed E-state index contributed by atoms with van der Waals surface area (Å²) in [6.45, 7) is -3.26. The number of hydrogen-bond acceptors (Lipinski definition) is 6. The van der Waals surface area contributed by atoms with Crippen LogP contribution in [0.25, 0.3) is 0 Å². The Bertz CT molecular complexity index is 663. The summed E-state index contributed by atoms with van der Waals surface area (Å²) in [5.74, 6) is 0. The molecule has 4 atom stereocenters. The molecule has 8 heteroatoms. The summed E-state index contributed by atoms with van der Waals surface area (Å²) in [6.07, 6.45) is -9.95. The van der Waals surface area contributed by atoms with Crippen molar-refractivity contribution < 1.29 is 25.5 Å². The molecule has 4 N–H and O–H groups in total. The van der Waals surface area contributed by atoms with Gasteiger partial charge in [0.05, 0.1) is 12.0 Å². The number of nitrogens with one attached hydrogen (secondary N) is 1. The van der Waals surface area contributed by atoms with Gasteiger partial charge in [0.15, 0.2) is 6.23 Å². The number of nitrogens with zero attached hydrogens (tertiary/aromatic N) is 1. The first-order chi connectivity index (χ1) is 9.39. The Morgan fingerprint density at radius 3 is 2.76 bits per heavy atom. The van der Waals surface area contributed by atoms with Crippen LogP contribution < -0.4 is 11.2 Å². The third-order valence-electron chi connectivity index (χ3n) is 2.23. The minimum absolute atomic E-state index is 0.500. The maximum atomic E-state index is 11.6. The number of H-pyrrole nitrogens is 1. The van der Waals surface area contributed by atoms with Gasteiger partial charge < -0.3 is 20.1 Å². The van der Waals surface area contributed by atoms with E-state index in [4.69, 9.17) is 10.2 Å². The standard InChI is InChI=1S/C9H12N2O6/c12-3-4-6(14)7(15)8(17-4)11-2-1-5(13)10-9(11)16/h1-2,4,6-8,12,14-15H,3H2,(H,10,13,16)/t4-,6-,7-,8-/m1/s1/i3D2,6D,7D. The molecule has 1 fully saturated rings. The average Bonchev–Trinajstić information content (AvgIpc) is 2.47. The molecule has 0 amide bonds. The number of aliphatic hydroxyl groups is 3. The van der Waals surface area contributed by atoms with Crippen molar-refractivity contribution in [3.63, 3.8) is 0 Å². The van der Waals surface area contributed by atoms with Gasteiger partial charge in [-0.15, -0.1) is 0 Å². The molecule has 0 bridgehead atoms. The second kappa shape index (κ2) is 4.41. The lowest BCUT2D eigenvalue weighted by Gasteiger charge is -2.16. The molecular formula is C9H12N2O6. The minimum Gasteiger partial charge on any atom is -0.394 e. The number of rotatable bonds is 2. The summed E-state index contributed by atoms with van der Waals surface area (Å²) < 4.78 is 34.6. The Morgan fingerprint density at radius 2 is 2.24 bits per heavy atom. The Hall–Kier alpha value is -1.48. The number of hydrogen-bond donors (Lipinski definition) is 4. The molecule has 1 aliphatic rings. The van der Waals surface area contributed by atoms with Crippen LogP contribution in [0.4, 0.5) is 0 Å². The highest BCUT2D eigenvalue weighted by atomic mass is 16.6. The summed E-state index contributed by atoms with van der Waals surface area (Å²) in [7, 11) is 0. The first-order valence-corrected chi connectivity index (χ1v) is 4.53. The Kier molecular flexibility index (Phi) is 2.02. The molecule has 0 saturated carbocycles. The van der Waals surface area contributed by atoms with Gasteiger partial charge in [-0.1, -0.05) is 0 Å². The molecule has 2 heterocycles. The maximum absolute atomic E-state index is 11.6. The molecular weight excluding hydrogens is 232 g/mol. The molecule has 2 rings (SSSR count). The van der Waals surface area contributed by atoms with E-state index in [1.54, 1.807) is 0 Å². The summed E-state index contributed by atoms with van der Waals surface area (Å²) in [5.41, 5.74) is -1.87. The molecule has 0 unspecified atom stereocenters. The van der Waals surface area contributed by atoms with Crippen LogP contribution >= 0.6 is 0 Å². The van der Waals surface area contributed by atoms with E-state index >= 15 is 0 Å². The van der Waals surface area contributed by atoms with Crippen LogP contribution in [0.3, 0.4) is 0 Å². The van der Waals surface area contributed by atoms with Gasteiger partial charge >= 0.3 is 5.69 Å². The van der Waals surface area contributed by atoms with Gasteiger partial charge in [0.1, 0.15) is 18.3 Å². The van der Waals surface area contributed by atoms with E-state index in [2.05, 4.69) is 0 Å². The lowest BCUT2D eigenvalue weighted by molar-refractivity contribution is -0.0550. The van der Waals surface area contributed by atoms with Crippen LogP contribution in [0.2, 0.25) is 0 Å². The second-order valence-corrected chi connectivity index (χ2v) is 3.29. The topological polar surface area (TPSA) is 125 Å². The normalized spacial score (nSPS) is 45.8. The molecule has 17 heavy (non-hydrogen) atoms. The molecule has 1 aliphatic heterocycles. The largest absolute Gasteiger partial charge is 0.394 e. The van der Waals surface area contributed by atoms with Crippen LogP contribution in [0, 0.1) is 0 Å². The van der Waals surface area contributed by atoms with Crippen molar-refractivity contribution in [2.45, 2.75) is 24.5 Å². The Labute approximate surface area is 100 Å². The minimum atomic E-state index is -3.27. The molecule has 1 aromatic heterocycles. The van der Waals surface area contributed by atoms with E-state index in [9.17, 15) is 24.9 Å². The van der Waals surface area contributed by atoms with Crippen molar-refractivity contribution in [2.75, 3.05) is 6.56 Å². The van der Waals surface area contributed by atoms with Crippen molar-refractivity contribution in [1.29, 1.82) is 0 Å². The molecule has 1 aromatic rings. The summed E-state index contributed by atoms with van der Waals surface area (Å²) in [4.78, 5) is 24.4. The van der Waals surface area contributed by atoms with Gasteiger partial charge in [-0.05, 0) is 0 Å². The van der Waals surface area contributed by atoms with E-state index in [-0.39, 0.29) is 0 Å². The quantitative estimate of drug-likeness (QED) is 0.446. The maximum Gasteiger partial charge on any atom is 0.330 e. The first-order valence-electron chi connectivity index (χ1n) is 6.53. The number of ether oxygens (including phenoxy) is 1. The Morgan fingerprint density at radius 1 is 1.53 bits per heavy atom. The van der Waals surface area contributed by atoms with Gasteiger partial charge in [-0.2, -0.15) is 0 Å². The summed E-state index contributed by atoms with van der Waals surface area (Å²) >= 11 is 0. The first kappa shape index (κ1) is 7.77. The van der Waals surface area contributed by atoms with Crippen molar-refractivity contribution >= 4 is 0 Å². The molecule has 0 radical (unpaired) electrons. The van der Waals surface area contributed by atoms with Crippen molar-refractivity contribution in [3.8, 4) is 0 Å². The molecule has 1 saturated heterocycles. The van der Waals surface area contributed by atoms with Crippen LogP contribution in [-0.4, -0.2) is 49.7 Å². The fourth-order valence-corrected chi connectivity index (χ4v) is 1.42. The molecule has 0 aromatic carbocycles. The summed E-state index contributed by atoms with van der Waals surface area (Å²) in [6, 6.07) is 0.866. The molecule has 8 nitrogen and oxygen atoms in total. The zero-order valence-corrected chi connectivity index (χ0v) is 8.32. The predicted molar refractivity (Wildman–Crippen MR) is 54.3 cm³/mol. The average molecular weight is 248 g/mol. The lowest BCUT2D eigenvalue weighted by Crippen LogP contribution is -2.37. The van der Waals surface area contributed by atoms with Crippen LogP contribution in [-0.2, 0) is 4.74 Å². The zero-order chi connectivity index (χ0) is 16.2. The number of aromatic nitrogens is 2. The van der Waals surface area contributed by atoms with Crippen molar-refractivity contribution in [3.05, 3.63) is 33.1 Å². The van der Waals surface area contributed by atoms with Gasteiger partial charge in [-0.3, -0.25) is 14.3 Å². The van der Waals surface area contributed by atoms with Crippen LogP contribution in [0.5, 0.6) is 0 Å². The molecule has 94 valence electrons. The van der Waals surface area contributed by atoms with Gasteiger partial charge in [0.2, 0.25) is 0 Å². The third-order valence-corrected chi connectivity index (χ3v) is 2.23. The van der Waals surface area contributed by atoms with E-state index in [0.717, 1.165) is 12.3 Å². The lowest BCUT2D eigenvalue weighted by atomic mass is 10.1. The summed E-state index contributed by atoms with van der Waals surface area (Å²) in [5, 5.41) is 29.0. The second-order valence-electron chi connectivity index (χ2n) is 3.29. The van der Waals surface area contributed by atoms with Crippen LogP contribution in [0.1, 0.15) is 11.7 Å². The highest BCUT2D eigenvalue weighted by Crippen LogP contribution is 2.27. The van der Waals surface area contributed by atoms with Gasteiger partial charge in [-0.25, -0.2) is 4.79 Å². The van der Waals surface area contributed by atoms with Crippen molar-refractivity contribution in [1.82, 2.24) is 9.55 Å². The van der Waals surface area contributed by atoms with Gasteiger partial charge in [0, 0.05) is 12.3 Å². The predicted octanol–water partition coefficient (Wildman–Crippen LogP) is -2.85. The highest BCUT2D eigenvalue weighted by Gasteiger charge is 2.43. The van der Waals surface area contributed by atoms with E-state index in [1.807, 2.05) is 4.98 Å². The van der Waals surface area contributed by atoms with E-state index in [0.29, 0.717) is 4.57 Å². The fraction of sp³-hybridized carbons (Fsp3) is 0.556. The molecule has 0 spiro atoms. The Balaban J connectivity index is 2.56. The smallest absolute Gasteiger partial charge is 0.330 e. The third kappa shape index (κ3) is 2.03. The molecule has 0 aliphatic carbocycles.